The second-order valence-electron chi connectivity index (χ2n) is 3.91. The van der Waals surface area contributed by atoms with Crippen molar-refractivity contribution >= 4 is 28.2 Å². The maximum absolute atomic E-state index is 12.2. The number of esters is 1. The number of carbonyl (C=O) groups excluding carboxylic acids is 2. The minimum Gasteiger partial charge on any atom is -0.465 e. The van der Waals surface area contributed by atoms with E-state index in [0.717, 1.165) is 5.56 Å². The average Bonchev–Trinajstić information content (AvgIpc) is 2.95. The Morgan fingerprint density at radius 3 is 2.79 bits per heavy atom. The fraction of sp³-hybridized carbons (Fsp3) is 0.250. The number of nitrogens with zero attached hydrogens (tertiary/aromatic N) is 2. The van der Waals surface area contributed by atoms with Crippen LogP contribution in [0.25, 0.3) is 0 Å². The van der Waals surface area contributed by atoms with Crippen molar-refractivity contribution < 1.29 is 14.3 Å². The van der Waals surface area contributed by atoms with Gasteiger partial charge in [0.15, 0.2) is 0 Å². The minimum atomic E-state index is -0.474. The van der Waals surface area contributed by atoms with Gasteiger partial charge in [-0.3, -0.25) is 9.48 Å². The zero-order valence-corrected chi connectivity index (χ0v) is 11.6. The molecule has 2 aromatic rings. The van der Waals surface area contributed by atoms with Gasteiger partial charge in [-0.05, 0) is 23.9 Å². The number of ether oxygens (including phenoxy) is 1. The van der Waals surface area contributed by atoms with Crippen LogP contribution in [0.4, 0.5) is 5.00 Å². The van der Waals surface area contributed by atoms with Crippen molar-refractivity contribution in [3.05, 3.63) is 34.5 Å². The first-order chi connectivity index (χ1) is 9.04. The molecule has 1 N–H and O–H groups in total. The third-order valence-corrected chi connectivity index (χ3v) is 3.46. The van der Waals surface area contributed by atoms with E-state index in [1.807, 2.05) is 0 Å². The highest BCUT2D eigenvalue weighted by molar-refractivity contribution is 7.14. The Morgan fingerprint density at radius 1 is 1.47 bits per heavy atom. The van der Waals surface area contributed by atoms with E-state index in [4.69, 9.17) is 0 Å². The molecule has 100 valence electrons. The van der Waals surface area contributed by atoms with E-state index in [2.05, 4.69) is 15.2 Å². The number of nitrogens with one attached hydrogen (secondary N) is 1. The second-order valence-corrected chi connectivity index (χ2v) is 4.83. The van der Waals surface area contributed by atoms with Gasteiger partial charge in [-0.15, -0.1) is 11.3 Å². The fourth-order valence-electron chi connectivity index (χ4n) is 1.71. The van der Waals surface area contributed by atoms with Gasteiger partial charge < -0.3 is 10.1 Å². The molecule has 0 fully saturated rings. The van der Waals surface area contributed by atoms with Gasteiger partial charge >= 0.3 is 5.97 Å². The molecular weight excluding hydrogens is 266 g/mol. The van der Waals surface area contributed by atoms with Crippen molar-refractivity contribution in [1.29, 1.82) is 0 Å². The molecule has 2 rings (SSSR count). The third kappa shape index (κ3) is 2.50. The van der Waals surface area contributed by atoms with Crippen molar-refractivity contribution in [2.45, 2.75) is 6.92 Å². The summed E-state index contributed by atoms with van der Waals surface area (Å²) in [4.78, 5) is 23.7. The molecule has 0 aliphatic carbocycles. The van der Waals surface area contributed by atoms with Crippen LogP contribution in [0.2, 0.25) is 0 Å². The summed E-state index contributed by atoms with van der Waals surface area (Å²) in [5.41, 5.74) is 1.58. The molecule has 6 nitrogen and oxygen atoms in total. The highest BCUT2D eigenvalue weighted by Gasteiger charge is 2.19. The lowest BCUT2D eigenvalue weighted by molar-refractivity contribution is 0.0602. The van der Waals surface area contributed by atoms with Crippen LogP contribution >= 0.6 is 11.3 Å². The zero-order chi connectivity index (χ0) is 14.0. The Kier molecular flexibility index (Phi) is 3.66. The van der Waals surface area contributed by atoms with E-state index in [1.165, 1.54) is 23.1 Å². The van der Waals surface area contributed by atoms with E-state index in [-0.39, 0.29) is 5.91 Å². The molecule has 1 amide bonds. The summed E-state index contributed by atoms with van der Waals surface area (Å²) in [6, 6.07) is 1.61. The molecule has 0 unspecified atom stereocenters. The number of rotatable bonds is 3. The lowest BCUT2D eigenvalue weighted by Gasteiger charge is -2.06. The highest BCUT2D eigenvalue weighted by atomic mass is 32.1. The molecule has 19 heavy (non-hydrogen) atoms. The Bertz CT molecular complexity index is 610. The first-order valence-corrected chi connectivity index (χ1v) is 6.38. The SMILES string of the molecule is COC(=O)c1ccsc1NC(=O)c1c(C)cnn1C. The summed E-state index contributed by atoms with van der Waals surface area (Å²) in [5.74, 6) is -0.775. The molecule has 0 aliphatic heterocycles. The highest BCUT2D eigenvalue weighted by Crippen LogP contribution is 2.24. The monoisotopic (exact) mass is 279 g/mol. The molecule has 0 aliphatic rings. The largest absolute Gasteiger partial charge is 0.465 e. The fourth-order valence-corrected chi connectivity index (χ4v) is 2.48. The van der Waals surface area contributed by atoms with Crippen molar-refractivity contribution in [3.8, 4) is 0 Å². The summed E-state index contributed by atoms with van der Waals surface area (Å²) in [6.45, 7) is 1.80. The van der Waals surface area contributed by atoms with E-state index in [9.17, 15) is 9.59 Å². The Hall–Kier alpha value is -2.15. The topological polar surface area (TPSA) is 73.2 Å². The van der Waals surface area contributed by atoms with Gasteiger partial charge in [0.1, 0.15) is 10.7 Å². The number of aryl methyl sites for hydroxylation is 2. The number of hydrogen-bond donors (Lipinski definition) is 1. The van der Waals surface area contributed by atoms with Crippen molar-refractivity contribution in [2.24, 2.45) is 7.05 Å². The molecule has 0 saturated carbocycles. The predicted molar refractivity (Wildman–Crippen MR) is 71.6 cm³/mol. The van der Waals surface area contributed by atoms with Gasteiger partial charge in [-0.2, -0.15) is 5.10 Å². The Balaban J connectivity index is 2.25. The normalized spacial score (nSPS) is 10.3. The molecule has 2 aromatic heterocycles. The van der Waals surface area contributed by atoms with Gasteiger partial charge in [0.05, 0.1) is 18.9 Å². The first kappa shape index (κ1) is 13.3. The van der Waals surface area contributed by atoms with Crippen LogP contribution in [0, 0.1) is 6.92 Å². The standard InChI is InChI=1S/C12H13N3O3S/c1-7-6-13-15(2)9(7)10(16)14-11-8(4-5-19-11)12(17)18-3/h4-6H,1-3H3,(H,14,16). The van der Waals surface area contributed by atoms with Crippen molar-refractivity contribution in [3.63, 3.8) is 0 Å². The van der Waals surface area contributed by atoms with Crippen LogP contribution in [0.3, 0.4) is 0 Å². The van der Waals surface area contributed by atoms with E-state index < -0.39 is 5.97 Å². The maximum Gasteiger partial charge on any atom is 0.340 e. The number of thiophene rings is 1. The average molecular weight is 279 g/mol. The molecule has 0 bridgehead atoms. The van der Waals surface area contributed by atoms with Crippen LogP contribution in [-0.4, -0.2) is 28.8 Å². The predicted octanol–water partition coefficient (Wildman–Crippen LogP) is 1.83. The van der Waals surface area contributed by atoms with Gasteiger partial charge in [0.25, 0.3) is 5.91 Å². The first-order valence-electron chi connectivity index (χ1n) is 5.50. The summed E-state index contributed by atoms with van der Waals surface area (Å²) < 4.78 is 6.15. The molecule has 7 heteroatoms. The molecule has 0 saturated heterocycles. The van der Waals surface area contributed by atoms with E-state index in [1.54, 1.807) is 31.6 Å². The number of hydrogen-bond acceptors (Lipinski definition) is 5. The Labute approximate surface area is 114 Å². The van der Waals surface area contributed by atoms with E-state index in [0.29, 0.717) is 16.3 Å². The van der Waals surface area contributed by atoms with Crippen molar-refractivity contribution in [1.82, 2.24) is 9.78 Å². The lowest BCUT2D eigenvalue weighted by Crippen LogP contribution is -2.18. The molecule has 0 atom stereocenters. The number of anilines is 1. The molecule has 0 aromatic carbocycles. The van der Waals surface area contributed by atoms with Gasteiger partial charge in [0.2, 0.25) is 0 Å². The third-order valence-electron chi connectivity index (χ3n) is 2.63. The van der Waals surface area contributed by atoms with Crippen LogP contribution in [0.15, 0.2) is 17.6 Å². The number of carbonyl (C=O) groups is 2. The lowest BCUT2D eigenvalue weighted by atomic mass is 10.2. The smallest absolute Gasteiger partial charge is 0.340 e. The number of methoxy groups -OCH3 is 1. The molecule has 0 spiro atoms. The summed E-state index contributed by atoms with van der Waals surface area (Å²) >= 11 is 1.27. The van der Waals surface area contributed by atoms with E-state index >= 15 is 0 Å². The van der Waals surface area contributed by atoms with Crippen LogP contribution in [0.5, 0.6) is 0 Å². The van der Waals surface area contributed by atoms with Gasteiger partial charge in [-0.25, -0.2) is 4.79 Å². The minimum absolute atomic E-state index is 0.301. The summed E-state index contributed by atoms with van der Waals surface area (Å²) in [7, 11) is 2.99. The molecular formula is C12H13N3O3S. The Morgan fingerprint density at radius 2 is 2.21 bits per heavy atom. The summed E-state index contributed by atoms with van der Waals surface area (Å²) in [5, 5.41) is 8.91. The van der Waals surface area contributed by atoms with Crippen LogP contribution in [0.1, 0.15) is 26.4 Å². The number of amides is 1. The quantitative estimate of drug-likeness (QED) is 0.870. The maximum atomic E-state index is 12.2. The van der Waals surface area contributed by atoms with Gasteiger partial charge in [0, 0.05) is 7.05 Å². The molecule has 2 heterocycles. The zero-order valence-electron chi connectivity index (χ0n) is 10.8. The summed E-state index contributed by atoms with van der Waals surface area (Å²) in [6.07, 6.45) is 1.62. The number of aromatic nitrogens is 2. The van der Waals surface area contributed by atoms with Gasteiger partial charge in [-0.1, -0.05) is 0 Å². The van der Waals surface area contributed by atoms with Crippen molar-refractivity contribution in [2.75, 3.05) is 12.4 Å². The second kappa shape index (κ2) is 5.23. The van der Waals surface area contributed by atoms with Crippen LogP contribution < -0.4 is 5.32 Å². The van der Waals surface area contributed by atoms with Crippen LogP contribution in [-0.2, 0) is 11.8 Å². The molecule has 0 radical (unpaired) electrons.